The molecule has 1 aliphatic rings. The lowest BCUT2D eigenvalue weighted by Gasteiger charge is -2.32. The number of methoxy groups -OCH3 is 1. The van der Waals surface area contributed by atoms with E-state index in [9.17, 15) is 0 Å². The second-order valence-electron chi connectivity index (χ2n) is 5.87. The van der Waals surface area contributed by atoms with Crippen LogP contribution >= 0.6 is 0 Å². The molecule has 0 aliphatic carbocycles. The zero-order valence-electron chi connectivity index (χ0n) is 13.0. The molecule has 0 spiro atoms. The second-order valence-corrected chi connectivity index (χ2v) is 5.87. The average Bonchev–Trinajstić information content (AvgIpc) is 2.43. The van der Waals surface area contributed by atoms with Gasteiger partial charge in [-0.25, -0.2) is 0 Å². The molecule has 0 saturated carbocycles. The first-order valence-corrected chi connectivity index (χ1v) is 7.57. The van der Waals surface area contributed by atoms with Gasteiger partial charge in [0.05, 0.1) is 12.8 Å². The molecule has 112 valence electrons. The highest BCUT2D eigenvalue weighted by atomic mass is 16.5. The van der Waals surface area contributed by atoms with Crippen molar-refractivity contribution in [2.24, 2.45) is 11.7 Å². The topological polar surface area (TPSA) is 51.4 Å². The predicted octanol–water partition coefficient (Wildman–Crippen LogP) is 2.27. The lowest BCUT2D eigenvalue weighted by Crippen LogP contribution is -2.36. The van der Waals surface area contributed by atoms with Gasteiger partial charge in [0.2, 0.25) is 0 Å². The molecule has 2 heterocycles. The molecule has 1 saturated heterocycles. The average molecular weight is 277 g/mol. The number of nitrogens with zero attached hydrogens (tertiary/aromatic N) is 2. The van der Waals surface area contributed by atoms with Gasteiger partial charge in [-0.2, -0.15) is 0 Å². The number of aromatic nitrogens is 1. The maximum Gasteiger partial charge on any atom is 0.128 e. The van der Waals surface area contributed by atoms with E-state index in [2.05, 4.69) is 16.8 Å². The minimum Gasteiger partial charge on any atom is -0.496 e. The first-order chi connectivity index (χ1) is 9.65. The van der Waals surface area contributed by atoms with Crippen LogP contribution in [0.4, 0.5) is 0 Å². The summed E-state index contributed by atoms with van der Waals surface area (Å²) in [6.45, 7) is 8.18. The van der Waals surface area contributed by atoms with Crippen LogP contribution in [-0.2, 0) is 6.54 Å². The number of hydrogen-bond donors (Lipinski definition) is 1. The summed E-state index contributed by atoms with van der Waals surface area (Å²) in [5, 5.41) is 0. The second kappa shape index (κ2) is 7.04. The van der Waals surface area contributed by atoms with Gasteiger partial charge in [0.25, 0.3) is 0 Å². The summed E-state index contributed by atoms with van der Waals surface area (Å²) in [5.74, 6) is 1.73. The maximum absolute atomic E-state index is 5.69. The fourth-order valence-corrected chi connectivity index (χ4v) is 3.21. The molecule has 0 bridgehead atoms. The van der Waals surface area contributed by atoms with Crippen LogP contribution in [-0.4, -0.2) is 36.6 Å². The Morgan fingerprint density at radius 1 is 1.45 bits per heavy atom. The molecule has 4 heteroatoms. The summed E-state index contributed by atoms with van der Waals surface area (Å²) in [6, 6.07) is 0. The highest BCUT2D eigenvalue weighted by Gasteiger charge is 2.21. The number of nitrogens with two attached hydrogens (primary N) is 1. The van der Waals surface area contributed by atoms with E-state index in [-0.39, 0.29) is 0 Å². The fourth-order valence-electron chi connectivity index (χ4n) is 3.21. The van der Waals surface area contributed by atoms with E-state index < -0.39 is 0 Å². The third kappa shape index (κ3) is 3.49. The van der Waals surface area contributed by atoms with Gasteiger partial charge in [-0.3, -0.25) is 9.88 Å². The van der Waals surface area contributed by atoms with Crippen LogP contribution in [0.5, 0.6) is 5.75 Å². The van der Waals surface area contributed by atoms with Crippen molar-refractivity contribution in [2.75, 3.05) is 26.7 Å². The fraction of sp³-hybridized carbons (Fsp3) is 0.688. The van der Waals surface area contributed by atoms with Gasteiger partial charge in [-0.15, -0.1) is 0 Å². The molecule has 20 heavy (non-hydrogen) atoms. The molecule has 1 aromatic heterocycles. The normalized spacial score (nSPS) is 20.1. The minimum atomic E-state index is 0.751. The molecule has 4 nitrogen and oxygen atoms in total. The van der Waals surface area contributed by atoms with Crippen molar-refractivity contribution in [1.29, 1.82) is 0 Å². The Morgan fingerprint density at radius 3 is 2.95 bits per heavy atom. The Balaban J connectivity index is 2.06. The summed E-state index contributed by atoms with van der Waals surface area (Å²) in [6.07, 6.45) is 5.65. The predicted molar refractivity (Wildman–Crippen MR) is 81.9 cm³/mol. The summed E-state index contributed by atoms with van der Waals surface area (Å²) in [7, 11) is 1.73. The van der Waals surface area contributed by atoms with Crippen LogP contribution < -0.4 is 10.5 Å². The van der Waals surface area contributed by atoms with Gasteiger partial charge in [-0.1, -0.05) is 0 Å². The maximum atomic E-state index is 5.69. The van der Waals surface area contributed by atoms with Gasteiger partial charge in [0, 0.05) is 30.4 Å². The number of hydrogen-bond acceptors (Lipinski definition) is 4. The number of piperidine rings is 1. The van der Waals surface area contributed by atoms with Gasteiger partial charge < -0.3 is 10.5 Å². The van der Waals surface area contributed by atoms with Crippen molar-refractivity contribution in [1.82, 2.24) is 9.88 Å². The molecule has 0 radical (unpaired) electrons. The summed E-state index contributed by atoms with van der Waals surface area (Å²) >= 11 is 0. The van der Waals surface area contributed by atoms with E-state index >= 15 is 0 Å². The zero-order chi connectivity index (χ0) is 14.5. The number of ether oxygens (including phenoxy) is 1. The van der Waals surface area contributed by atoms with Crippen LogP contribution in [0, 0.1) is 19.8 Å². The molecule has 1 atom stereocenters. The van der Waals surface area contributed by atoms with E-state index in [0.29, 0.717) is 0 Å². The Bertz CT molecular complexity index is 446. The van der Waals surface area contributed by atoms with Gasteiger partial charge >= 0.3 is 0 Å². The first-order valence-electron chi connectivity index (χ1n) is 7.57. The number of rotatable bonds is 5. The summed E-state index contributed by atoms with van der Waals surface area (Å²) in [4.78, 5) is 7.11. The largest absolute Gasteiger partial charge is 0.496 e. The Kier molecular flexibility index (Phi) is 5.38. The molecular formula is C16H27N3O. The number of likely N-dealkylation sites (tertiary alicyclic amines) is 1. The lowest BCUT2D eigenvalue weighted by molar-refractivity contribution is 0.161. The van der Waals surface area contributed by atoms with E-state index in [0.717, 1.165) is 49.0 Å². The van der Waals surface area contributed by atoms with E-state index in [1.807, 2.05) is 13.1 Å². The van der Waals surface area contributed by atoms with Crippen LogP contribution in [0.1, 0.15) is 36.1 Å². The molecule has 2 rings (SSSR count). The summed E-state index contributed by atoms with van der Waals surface area (Å²) < 4.78 is 5.49. The first kappa shape index (κ1) is 15.3. The Hall–Kier alpha value is -1.13. The highest BCUT2D eigenvalue weighted by molar-refractivity contribution is 5.41. The van der Waals surface area contributed by atoms with E-state index in [1.54, 1.807) is 7.11 Å². The molecule has 1 unspecified atom stereocenters. The van der Waals surface area contributed by atoms with Crippen molar-refractivity contribution < 1.29 is 4.74 Å². The van der Waals surface area contributed by atoms with Crippen molar-refractivity contribution in [2.45, 2.75) is 39.7 Å². The van der Waals surface area contributed by atoms with E-state index in [1.165, 1.54) is 24.9 Å². The SMILES string of the molecule is COc1c(C)cnc(CN2CCCC(CCN)C2)c1C. The zero-order valence-corrected chi connectivity index (χ0v) is 13.0. The van der Waals surface area contributed by atoms with Crippen LogP contribution in [0.15, 0.2) is 6.20 Å². The van der Waals surface area contributed by atoms with Crippen molar-refractivity contribution in [3.8, 4) is 5.75 Å². The van der Waals surface area contributed by atoms with E-state index in [4.69, 9.17) is 10.5 Å². The minimum absolute atomic E-state index is 0.751. The molecule has 1 aromatic rings. The van der Waals surface area contributed by atoms with Crippen LogP contribution in [0.25, 0.3) is 0 Å². The Morgan fingerprint density at radius 2 is 2.25 bits per heavy atom. The molecule has 0 amide bonds. The molecule has 2 N–H and O–H groups in total. The van der Waals surface area contributed by atoms with Gasteiger partial charge in [0.1, 0.15) is 5.75 Å². The third-order valence-electron chi connectivity index (χ3n) is 4.30. The van der Waals surface area contributed by atoms with Crippen LogP contribution in [0.3, 0.4) is 0 Å². The van der Waals surface area contributed by atoms with Gasteiger partial charge in [-0.05, 0) is 52.1 Å². The molecular weight excluding hydrogens is 250 g/mol. The lowest BCUT2D eigenvalue weighted by atomic mass is 9.94. The van der Waals surface area contributed by atoms with Crippen molar-refractivity contribution >= 4 is 0 Å². The number of pyridine rings is 1. The number of aryl methyl sites for hydroxylation is 1. The third-order valence-corrected chi connectivity index (χ3v) is 4.30. The van der Waals surface area contributed by atoms with Crippen molar-refractivity contribution in [3.63, 3.8) is 0 Å². The molecule has 0 aromatic carbocycles. The monoisotopic (exact) mass is 277 g/mol. The van der Waals surface area contributed by atoms with Crippen LogP contribution in [0.2, 0.25) is 0 Å². The quantitative estimate of drug-likeness (QED) is 0.897. The van der Waals surface area contributed by atoms with Gasteiger partial charge in [0.15, 0.2) is 0 Å². The Labute approximate surface area is 122 Å². The summed E-state index contributed by atoms with van der Waals surface area (Å²) in [5.41, 5.74) is 9.11. The molecule has 1 aliphatic heterocycles. The highest BCUT2D eigenvalue weighted by Crippen LogP contribution is 2.26. The van der Waals surface area contributed by atoms with Crippen molar-refractivity contribution in [3.05, 3.63) is 23.0 Å². The molecule has 1 fully saturated rings. The standard InChI is InChI=1S/C16H27N3O/c1-12-9-18-15(13(2)16(12)20-3)11-19-8-4-5-14(10-19)6-7-17/h9,14H,4-8,10-11,17H2,1-3H3. The smallest absolute Gasteiger partial charge is 0.128 e.